The summed E-state index contributed by atoms with van der Waals surface area (Å²) in [7, 11) is 0. The fraction of sp³-hybridized carbons (Fsp3) is 0.769. The number of ether oxygens (including phenoxy) is 1. The molecule has 4 nitrogen and oxygen atoms in total. The van der Waals surface area contributed by atoms with E-state index in [4.69, 9.17) is 4.74 Å². The van der Waals surface area contributed by atoms with Crippen LogP contribution < -0.4 is 5.32 Å². The number of hydrogen-bond acceptors (Lipinski definition) is 4. The summed E-state index contributed by atoms with van der Waals surface area (Å²) in [6, 6.07) is 0. The Bertz CT molecular complexity index is 217. The molecule has 4 heteroatoms. The Balaban J connectivity index is 3.47. The third kappa shape index (κ3) is 10.0. The Labute approximate surface area is 105 Å². The highest BCUT2D eigenvalue weighted by molar-refractivity contribution is 5.81. The molecule has 0 aromatic carbocycles. The van der Waals surface area contributed by atoms with E-state index in [2.05, 4.69) is 24.1 Å². The molecule has 0 rings (SSSR count). The maximum absolute atomic E-state index is 11.0. The average molecular weight is 242 g/mol. The van der Waals surface area contributed by atoms with Gasteiger partial charge in [-0.2, -0.15) is 0 Å². The van der Waals surface area contributed by atoms with Crippen LogP contribution in [0.2, 0.25) is 0 Å². The van der Waals surface area contributed by atoms with Gasteiger partial charge in [0.1, 0.15) is 0 Å². The van der Waals surface area contributed by atoms with Crippen molar-refractivity contribution in [3.8, 4) is 0 Å². The van der Waals surface area contributed by atoms with Gasteiger partial charge in [0.2, 0.25) is 0 Å². The Morgan fingerprint density at radius 1 is 1.29 bits per heavy atom. The summed E-state index contributed by atoms with van der Waals surface area (Å²) in [4.78, 5) is 13.4. The van der Waals surface area contributed by atoms with E-state index in [0.717, 1.165) is 26.2 Å². The molecule has 0 fully saturated rings. The van der Waals surface area contributed by atoms with E-state index in [1.54, 1.807) is 13.0 Å². The van der Waals surface area contributed by atoms with Gasteiger partial charge < -0.3 is 15.0 Å². The molecular weight excluding hydrogens is 216 g/mol. The lowest BCUT2D eigenvalue weighted by Gasteiger charge is -2.19. The highest BCUT2D eigenvalue weighted by Gasteiger charge is 1.98. The van der Waals surface area contributed by atoms with Gasteiger partial charge in [0, 0.05) is 25.7 Å². The summed E-state index contributed by atoms with van der Waals surface area (Å²) < 4.78 is 4.77. The molecule has 0 atom stereocenters. The van der Waals surface area contributed by atoms with Gasteiger partial charge in [-0.3, -0.25) is 0 Å². The Kier molecular flexibility index (Phi) is 11.0. The molecule has 0 amide bonds. The summed E-state index contributed by atoms with van der Waals surface area (Å²) >= 11 is 0. The van der Waals surface area contributed by atoms with Crippen LogP contribution in [0.4, 0.5) is 0 Å². The van der Waals surface area contributed by atoms with Crippen LogP contribution in [-0.4, -0.2) is 50.2 Å². The summed E-state index contributed by atoms with van der Waals surface area (Å²) in [6.07, 6.45) is 4.46. The van der Waals surface area contributed by atoms with Crippen LogP contribution in [0.25, 0.3) is 0 Å². The van der Waals surface area contributed by atoms with Gasteiger partial charge in [0.15, 0.2) is 0 Å². The monoisotopic (exact) mass is 242 g/mol. The van der Waals surface area contributed by atoms with Gasteiger partial charge in [-0.1, -0.05) is 19.9 Å². The molecule has 0 saturated carbocycles. The molecule has 0 heterocycles. The van der Waals surface area contributed by atoms with E-state index in [1.807, 2.05) is 0 Å². The summed E-state index contributed by atoms with van der Waals surface area (Å²) in [6.45, 7) is 11.6. The number of nitrogens with zero attached hydrogens (tertiary/aromatic N) is 1. The number of nitrogens with one attached hydrogen (secondary N) is 1. The summed E-state index contributed by atoms with van der Waals surface area (Å²) in [5, 5.41) is 3.27. The predicted molar refractivity (Wildman–Crippen MR) is 71.0 cm³/mol. The SMILES string of the molecule is CCCN(CC)CCNC/C=C/C(=O)OCC. The summed E-state index contributed by atoms with van der Waals surface area (Å²) in [5.41, 5.74) is 0. The molecule has 100 valence electrons. The first-order valence-corrected chi connectivity index (χ1v) is 6.50. The topological polar surface area (TPSA) is 41.6 Å². The van der Waals surface area contributed by atoms with Crippen molar-refractivity contribution in [2.24, 2.45) is 0 Å². The van der Waals surface area contributed by atoms with Gasteiger partial charge >= 0.3 is 5.97 Å². The lowest BCUT2D eigenvalue weighted by atomic mass is 10.4. The maximum atomic E-state index is 11.0. The minimum Gasteiger partial charge on any atom is -0.463 e. The number of hydrogen-bond donors (Lipinski definition) is 1. The van der Waals surface area contributed by atoms with Crippen molar-refractivity contribution in [3.63, 3.8) is 0 Å². The largest absolute Gasteiger partial charge is 0.463 e. The molecule has 0 aromatic rings. The molecule has 0 saturated heterocycles. The molecule has 1 N–H and O–H groups in total. The molecule has 0 bridgehead atoms. The lowest BCUT2D eigenvalue weighted by Crippen LogP contribution is -2.32. The van der Waals surface area contributed by atoms with Gasteiger partial charge in [0.05, 0.1) is 6.61 Å². The molecule has 0 aromatic heterocycles. The van der Waals surface area contributed by atoms with Crippen molar-refractivity contribution in [1.29, 1.82) is 0 Å². The van der Waals surface area contributed by atoms with E-state index in [-0.39, 0.29) is 5.97 Å². The Morgan fingerprint density at radius 3 is 2.65 bits per heavy atom. The van der Waals surface area contributed by atoms with Crippen LogP contribution in [0.3, 0.4) is 0 Å². The van der Waals surface area contributed by atoms with Crippen molar-refractivity contribution in [3.05, 3.63) is 12.2 Å². The second-order valence-corrected chi connectivity index (χ2v) is 3.79. The van der Waals surface area contributed by atoms with Crippen molar-refractivity contribution < 1.29 is 9.53 Å². The zero-order chi connectivity index (χ0) is 12.9. The molecule has 0 unspecified atom stereocenters. The minimum absolute atomic E-state index is 0.268. The van der Waals surface area contributed by atoms with E-state index < -0.39 is 0 Å². The molecule has 0 aliphatic heterocycles. The molecule has 0 aliphatic rings. The second kappa shape index (κ2) is 11.6. The van der Waals surface area contributed by atoms with Crippen molar-refractivity contribution in [2.75, 3.05) is 39.3 Å². The molecule has 0 radical (unpaired) electrons. The standard InChI is InChI=1S/C13H26N2O2/c1-4-11-15(5-2)12-10-14-9-7-8-13(16)17-6-3/h7-8,14H,4-6,9-12H2,1-3H3/b8-7+. The van der Waals surface area contributed by atoms with Crippen LogP contribution in [0.1, 0.15) is 27.2 Å². The van der Waals surface area contributed by atoms with E-state index >= 15 is 0 Å². The first-order valence-electron chi connectivity index (χ1n) is 6.50. The highest BCUT2D eigenvalue weighted by Crippen LogP contribution is 1.88. The Morgan fingerprint density at radius 2 is 2.06 bits per heavy atom. The van der Waals surface area contributed by atoms with Crippen LogP contribution in [0, 0.1) is 0 Å². The average Bonchev–Trinajstić information content (AvgIpc) is 2.32. The van der Waals surface area contributed by atoms with E-state index in [9.17, 15) is 4.79 Å². The highest BCUT2D eigenvalue weighted by atomic mass is 16.5. The van der Waals surface area contributed by atoms with Crippen molar-refractivity contribution >= 4 is 5.97 Å². The van der Waals surface area contributed by atoms with Crippen LogP contribution in [-0.2, 0) is 9.53 Å². The van der Waals surface area contributed by atoms with Crippen LogP contribution in [0.5, 0.6) is 0 Å². The predicted octanol–water partition coefficient (Wildman–Crippen LogP) is 1.43. The van der Waals surface area contributed by atoms with Gasteiger partial charge in [-0.05, 0) is 26.4 Å². The zero-order valence-corrected chi connectivity index (χ0v) is 11.4. The molecule has 0 spiro atoms. The second-order valence-electron chi connectivity index (χ2n) is 3.79. The minimum atomic E-state index is -0.268. The fourth-order valence-electron chi connectivity index (χ4n) is 1.51. The summed E-state index contributed by atoms with van der Waals surface area (Å²) in [5.74, 6) is -0.268. The van der Waals surface area contributed by atoms with Gasteiger partial charge in [-0.15, -0.1) is 0 Å². The number of carbonyl (C=O) groups is 1. The number of likely N-dealkylation sites (N-methyl/N-ethyl adjacent to an activating group) is 1. The van der Waals surface area contributed by atoms with Gasteiger partial charge in [0.25, 0.3) is 0 Å². The smallest absolute Gasteiger partial charge is 0.330 e. The first kappa shape index (κ1) is 16.1. The van der Waals surface area contributed by atoms with E-state index in [1.165, 1.54) is 12.5 Å². The van der Waals surface area contributed by atoms with Gasteiger partial charge in [-0.25, -0.2) is 4.79 Å². The number of carbonyl (C=O) groups excluding carboxylic acids is 1. The van der Waals surface area contributed by atoms with Crippen LogP contribution in [0.15, 0.2) is 12.2 Å². The lowest BCUT2D eigenvalue weighted by molar-refractivity contribution is -0.137. The van der Waals surface area contributed by atoms with E-state index in [0.29, 0.717) is 13.2 Å². The number of rotatable bonds is 10. The molecule has 17 heavy (non-hydrogen) atoms. The molecule has 0 aliphatic carbocycles. The normalized spacial score (nSPS) is 11.3. The maximum Gasteiger partial charge on any atom is 0.330 e. The zero-order valence-electron chi connectivity index (χ0n) is 11.4. The number of esters is 1. The molecular formula is C13H26N2O2. The first-order chi connectivity index (χ1) is 8.24. The quantitative estimate of drug-likeness (QED) is 0.357. The Hall–Kier alpha value is -0.870. The van der Waals surface area contributed by atoms with Crippen molar-refractivity contribution in [1.82, 2.24) is 10.2 Å². The fourth-order valence-corrected chi connectivity index (χ4v) is 1.51. The van der Waals surface area contributed by atoms with Crippen LogP contribution >= 0.6 is 0 Å². The third-order valence-corrected chi connectivity index (χ3v) is 2.39. The van der Waals surface area contributed by atoms with Crippen molar-refractivity contribution in [2.45, 2.75) is 27.2 Å². The third-order valence-electron chi connectivity index (χ3n) is 2.39.